The van der Waals surface area contributed by atoms with Gasteiger partial charge in [0.25, 0.3) is 5.91 Å². The van der Waals surface area contributed by atoms with Crippen LogP contribution in [0.4, 0.5) is 0 Å². The summed E-state index contributed by atoms with van der Waals surface area (Å²) in [5.74, 6) is -1.31. The van der Waals surface area contributed by atoms with Crippen LogP contribution in [-0.2, 0) is 16.0 Å². The van der Waals surface area contributed by atoms with Crippen molar-refractivity contribution in [3.05, 3.63) is 40.2 Å². The second kappa shape index (κ2) is 8.32. The predicted molar refractivity (Wildman–Crippen MR) is 91.8 cm³/mol. The van der Waals surface area contributed by atoms with Gasteiger partial charge in [-0.05, 0) is 37.5 Å². The zero-order valence-electron chi connectivity index (χ0n) is 14.2. The average molecular weight is 347 g/mol. The molecule has 2 N–H and O–H groups in total. The van der Waals surface area contributed by atoms with E-state index in [1.54, 1.807) is 18.2 Å². The predicted octanol–water partition coefficient (Wildman–Crippen LogP) is 2.10. The maximum atomic E-state index is 11.8. The maximum Gasteiger partial charge on any atom is 0.336 e. The zero-order chi connectivity index (χ0) is 18.4. The zero-order valence-corrected chi connectivity index (χ0v) is 14.2. The molecule has 2 aromatic rings. The summed E-state index contributed by atoms with van der Waals surface area (Å²) in [7, 11) is 0. The molecule has 0 aliphatic carbocycles. The highest BCUT2D eigenvalue weighted by Crippen LogP contribution is 2.24. The van der Waals surface area contributed by atoms with Crippen LogP contribution in [0, 0.1) is 0 Å². The Morgan fingerprint density at radius 1 is 1.32 bits per heavy atom. The first-order valence-electron chi connectivity index (χ1n) is 8.13. The van der Waals surface area contributed by atoms with E-state index >= 15 is 0 Å². The number of carboxylic acids is 1. The van der Waals surface area contributed by atoms with E-state index in [0.717, 1.165) is 30.2 Å². The Morgan fingerprint density at radius 3 is 2.76 bits per heavy atom. The van der Waals surface area contributed by atoms with Gasteiger partial charge in [-0.3, -0.25) is 9.59 Å². The summed E-state index contributed by atoms with van der Waals surface area (Å²) in [6.07, 6.45) is 1.89. The van der Waals surface area contributed by atoms with E-state index in [-0.39, 0.29) is 0 Å². The first kappa shape index (κ1) is 18.5. The number of rotatable bonds is 8. The molecule has 134 valence electrons. The van der Waals surface area contributed by atoms with Crippen molar-refractivity contribution in [2.45, 2.75) is 39.2 Å². The number of benzene rings is 1. The summed E-state index contributed by atoms with van der Waals surface area (Å²) in [6, 6.07) is 6.55. The second-order valence-corrected chi connectivity index (χ2v) is 5.72. The lowest BCUT2D eigenvalue weighted by Crippen LogP contribution is -2.39. The molecule has 2 rings (SSSR count). The molecule has 0 aliphatic heterocycles. The van der Waals surface area contributed by atoms with Gasteiger partial charge in [0, 0.05) is 17.5 Å². The number of hydrogen-bond donors (Lipinski definition) is 2. The van der Waals surface area contributed by atoms with Gasteiger partial charge in [-0.2, -0.15) is 0 Å². The van der Waals surface area contributed by atoms with Crippen LogP contribution in [-0.4, -0.2) is 29.6 Å². The highest BCUT2D eigenvalue weighted by Gasteiger charge is 2.16. The van der Waals surface area contributed by atoms with Crippen LogP contribution in [0.5, 0.6) is 5.75 Å². The second-order valence-electron chi connectivity index (χ2n) is 5.72. The minimum Gasteiger partial charge on any atom is -0.481 e. The van der Waals surface area contributed by atoms with Crippen molar-refractivity contribution in [1.82, 2.24) is 5.32 Å². The first-order chi connectivity index (χ1) is 11.9. The molecule has 1 aromatic carbocycles. The minimum atomic E-state index is -1.13. The van der Waals surface area contributed by atoms with Crippen molar-refractivity contribution in [3.63, 3.8) is 0 Å². The standard InChI is InChI=1S/C18H21NO6/c1-3-4-5-12-8-17(22)25-15-9-13(6-7-14(12)15)24-11(2)18(23)19-10-16(20)21/h6-9,11H,3-5,10H2,1-2H3,(H,19,23)(H,20,21)/t11-/m0/s1. The molecule has 0 aliphatic rings. The molecular formula is C18H21NO6. The summed E-state index contributed by atoms with van der Waals surface area (Å²) in [5.41, 5.74) is 0.893. The average Bonchev–Trinajstić information content (AvgIpc) is 2.56. The van der Waals surface area contributed by atoms with Gasteiger partial charge < -0.3 is 19.6 Å². The molecule has 7 heteroatoms. The van der Waals surface area contributed by atoms with Gasteiger partial charge in [-0.25, -0.2) is 4.79 Å². The van der Waals surface area contributed by atoms with Crippen LogP contribution in [0.3, 0.4) is 0 Å². The fraction of sp³-hybridized carbons (Fsp3) is 0.389. The smallest absolute Gasteiger partial charge is 0.336 e. The van der Waals surface area contributed by atoms with Gasteiger partial charge in [0.15, 0.2) is 6.10 Å². The van der Waals surface area contributed by atoms with Crippen LogP contribution in [0.25, 0.3) is 11.0 Å². The molecule has 0 fully saturated rings. The third kappa shape index (κ3) is 5.07. The van der Waals surface area contributed by atoms with E-state index in [2.05, 4.69) is 12.2 Å². The van der Waals surface area contributed by atoms with Crippen molar-refractivity contribution in [3.8, 4) is 5.75 Å². The van der Waals surface area contributed by atoms with Crippen LogP contribution < -0.4 is 15.7 Å². The third-order valence-electron chi connectivity index (χ3n) is 3.70. The normalized spacial score (nSPS) is 11.9. The number of carbonyl (C=O) groups is 2. The van der Waals surface area contributed by atoms with E-state index in [1.807, 2.05) is 0 Å². The lowest BCUT2D eigenvalue weighted by molar-refractivity contribution is -0.139. The Labute approximate surface area is 144 Å². The number of ether oxygens (including phenoxy) is 1. The number of aliphatic carboxylic acids is 1. The van der Waals surface area contributed by atoms with E-state index in [0.29, 0.717) is 11.3 Å². The Hall–Kier alpha value is -2.83. The van der Waals surface area contributed by atoms with Gasteiger partial charge >= 0.3 is 11.6 Å². The lowest BCUT2D eigenvalue weighted by Gasteiger charge is -2.14. The molecule has 25 heavy (non-hydrogen) atoms. The summed E-state index contributed by atoms with van der Waals surface area (Å²) in [5, 5.41) is 11.6. The van der Waals surface area contributed by atoms with E-state index < -0.39 is 30.2 Å². The lowest BCUT2D eigenvalue weighted by atomic mass is 10.0. The highest BCUT2D eigenvalue weighted by molar-refractivity contribution is 5.85. The van der Waals surface area contributed by atoms with Crippen molar-refractivity contribution in [2.75, 3.05) is 6.54 Å². The molecule has 0 unspecified atom stereocenters. The van der Waals surface area contributed by atoms with E-state index in [1.165, 1.54) is 13.0 Å². The Bertz CT molecular complexity index is 826. The summed E-state index contributed by atoms with van der Waals surface area (Å²) in [4.78, 5) is 34.0. The molecule has 0 saturated carbocycles. The number of carbonyl (C=O) groups excluding carboxylic acids is 1. The van der Waals surface area contributed by atoms with Gasteiger partial charge in [-0.15, -0.1) is 0 Å². The molecule has 7 nitrogen and oxygen atoms in total. The van der Waals surface area contributed by atoms with Crippen LogP contribution in [0.2, 0.25) is 0 Å². The quantitative estimate of drug-likeness (QED) is 0.709. The minimum absolute atomic E-state index is 0.362. The van der Waals surface area contributed by atoms with Crippen molar-refractivity contribution < 1.29 is 23.8 Å². The third-order valence-corrected chi connectivity index (χ3v) is 3.70. The number of hydrogen-bond acceptors (Lipinski definition) is 5. The van der Waals surface area contributed by atoms with E-state index in [4.69, 9.17) is 14.3 Å². The van der Waals surface area contributed by atoms with Crippen LogP contribution in [0.1, 0.15) is 32.3 Å². The summed E-state index contributed by atoms with van der Waals surface area (Å²) in [6.45, 7) is 3.12. The molecule has 1 amide bonds. The van der Waals surface area contributed by atoms with Gasteiger partial charge in [0.05, 0.1) is 0 Å². The van der Waals surface area contributed by atoms with Crippen molar-refractivity contribution in [1.29, 1.82) is 0 Å². The molecule has 1 atom stereocenters. The number of carboxylic acid groups (broad SMARTS) is 1. The van der Waals surface area contributed by atoms with Gasteiger partial charge in [-0.1, -0.05) is 13.3 Å². The van der Waals surface area contributed by atoms with Crippen molar-refractivity contribution in [2.24, 2.45) is 0 Å². The molecule has 1 heterocycles. The molecular weight excluding hydrogens is 326 g/mol. The first-order valence-corrected chi connectivity index (χ1v) is 8.13. The Kier molecular flexibility index (Phi) is 6.16. The molecule has 0 saturated heterocycles. The molecule has 0 bridgehead atoms. The van der Waals surface area contributed by atoms with Crippen LogP contribution in [0.15, 0.2) is 33.5 Å². The van der Waals surface area contributed by atoms with E-state index in [9.17, 15) is 14.4 Å². The van der Waals surface area contributed by atoms with Crippen molar-refractivity contribution >= 4 is 22.8 Å². The Balaban J connectivity index is 2.19. The summed E-state index contributed by atoms with van der Waals surface area (Å²) < 4.78 is 10.7. The number of fused-ring (bicyclic) bond motifs is 1. The van der Waals surface area contributed by atoms with Crippen LogP contribution >= 0.6 is 0 Å². The largest absolute Gasteiger partial charge is 0.481 e. The number of unbranched alkanes of at least 4 members (excludes halogenated alkanes) is 1. The molecule has 0 spiro atoms. The molecule has 0 radical (unpaired) electrons. The SMILES string of the molecule is CCCCc1cc(=O)oc2cc(O[C@@H](C)C(=O)NCC(=O)O)ccc12. The summed E-state index contributed by atoms with van der Waals surface area (Å²) >= 11 is 0. The number of nitrogens with one attached hydrogen (secondary N) is 1. The number of aryl methyl sites for hydroxylation is 1. The number of amides is 1. The fourth-order valence-corrected chi connectivity index (χ4v) is 2.42. The monoisotopic (exact) mass is 347 g/mol. The highest BCUT2D eigenvalue weighted by atomic mass is 16.5. The Morgan fingerprint density at radius 2 is 2.08 bits per heavy atom. The molecule has 1 aromatic heterocycles. The fourth-order valence-electron chi connectivity index (χ4n) is 2.42. The topological polar surface area (TPSA) is 106 Å². The van der Waals surface area contributed by atoms with Gasteiger partial charge in [0.2, 0.25) is 0 Å². The maximum absolute atomic E-state index is 11.8. The van der Waals surface area contributed by atoms with Gasteiger partial charge in [0.1, 0.15) is 17.9 Å².